The minimum absolute atomic E-state index is 0.367. The molecule has 0 radical (unpaired) electrons. The molecule has 3 unspecified atom stereocenters. The second kappa shape index (κ2) is 14.6. The van der Waals surface area contributed by atoms with Gasteiger partial charge in [0.1, 0.15) is 0 Å². The third kappa shape index (κ3) is 10.9. The Labute approximate surface area is 232 Å². The summed E-state index contributed by atoms with van der Waals surface area (Å²) in [6, 6.07) is 0. The lowest BCUT2D eigenvalue weighted by atomic mass is 9.72. The number of hydrogen-bond donors (Lipinski definition) is 5. The van der Waals surface area contributed by atoms with Gasteiger partial charge in [0.2, 0.25) is 0 Å². The fraction of sp³-hybridized carbons (Fsp3) is 0.818. The zero-order valence-electron chi connectivity index (χ0n) is 25.1. The summed E-state index contributed by atoms with van der Waals surface area (Å²) in [5.74, 6) is 2.03. The molecule has 2 fully saturated rings. The Hall–Kier alpha value is -0.980. The van der Waals surface area contributed by atoms with Crippen LogP contribution in [0, 0.1) is 23.7 Å². The van der Waals surface area contributed by atoms with E-state index in [1.54, 1.807) is 13.8 Å². The maximum Gasteiger partial charge on any atom is 0.0849 e. The maximum atomic E-state index is 10.6. The minimum Gasteiger partial charge on any atom is -0.393 e. The molecule has 5 N–H and O–H groups in total. The first-order valence-electron chi connectivity index (χ1n) is 15.2. The van der Waals surface area contributed by atoms with Crippen molar-refractivity contribution in [2.75, 3.05) is 0 Å². The Morgan fingerprint density at radius 3 is 2.29 bits per heavy atom. The molecule has 5 nitrogen and oxygen atoms in total. The molecular formula is C33H58O5. The van der Waals surface area contributed by atoms with Crippen molar-refractivity contribution in [1.82, 2.24) is 0 Å². The number of rotatable bonds is 10. The van der Waals surface area contributed by atoms with E-state index in [9.17, 15) is 25.5 Å². The summed E-state index contributed by atoms with van der Waals surface area (Å²) < 4.78 is 0. The first-order chi connectivity index (χ1) is 17.6. The predicted octanol–water partition coefficient (Wildman–Crippen LogP) is 6.23. The van der Waals surface area contributed by atoms with Crippen LogP contribution in [0.5, 0.6) is 0 Å². The molecule has 38 heavy (non-hydrogen) atoms. The van der Waals surface area contributed by atoms with Crippen LogP contribution in [-0.2, 0) is 0 Å². The van der Waals surface area contributed by atoms with Crippen molar-refractivity contribution in [1.29, 1.82) is 0 Å². The van der Waals surface area contributed by atoms with Gasteiger partial charge >= 0.3 is 0 Å². The highest BCUT2D eigenvalue weighted by Crippen LogP contribution is 2.40. The Kier molecular flexibility index (Phi) is 12.8. The summed E-state index contributed by atoms with van der Waals surface area (Å²) in [5.41, 5.74) is 1.36. The molecule has 0 spiro atoms. The topological polar surface area (TPSA) is 101 Å². The highest BCUT2D eigenvalue weighted by atomic mass is 16.3. The largest absolute Gasteiger partial charge is 0.393 e. The van der Waals surface area contributed by atoms with E-state index in [1.165, 1.54) is 5.57 Å². The highest BCUT2D eigenvalue weighted by Gasteiger charge is 2.32. The van der Waals surface area contributed by atoms with E-state index in [2.05, 4.69) is 32.6 Å². The van der Waals surface area contributed by atoms with Gasteiger partial charge in [0.05, 0.1) is 29.5 Å². The molecule has 2 saturated carbocycles. The summed E-state index contributed by atoms with van der Waals surface area (Å²) in [6.45, 7) is 15.9. The van der Waals surface area contributed by atoms with E-state index < -0.39 is 29.5 Å². The highest BCUT2D eigenvalue weighted by molar-refractivity contribution is 5.38. The quantitative estimate of drug-likeness (QED) is 0.229. The SMILES string of the molecule is C=C1/C(=C\C=C2/CCC[C@H](C)C([C@@H](CCCC(C)(C)O)CCC(O)C(C)(C)O)CCC2C)C[C@@H](O)C[C@@H]1O. The molecule has 2 aliphatic carbocycles. The van der Waals surface area contributed by atoms with E-state index >= 15 is 0 Å². The molecule has 0 bridgehead atoms. The van der Waals surface area contributed by atoms with Crippen molar-refractivity contribution in [2.45, 2.75) is 148 Å². The third-order valence-corrected chi connectivity index (χ3v) is 9.28. The molecule has 0 amide bonds. The lowest BCUT2D eigenvalue weighted by Crippen LogP contribution is -2.36. The Morgan fingerprint density at radius 1 is 0.974 bits per heavy atom. The van der Waals surface area contributed by atoms with Gasteiger partial charge in [-0.25, -0.2) is 0 Å². The van der Waals surface area contributed by atoms with Gasteiger partial charge in [0.15, 0.2) is 0 Å². The van der Waals surface area contributed by atoms with E-state index in [-0.39, 0.29) is 0 Å². The van der Waals surface area contributed by atoms with E-state index in [4.69, 9.17) is 0 Å². The average Bonchev–Trinajstić information content (AvgIpc) is 2.85. The Morgan fingerprint density at radius 2 is 1.66 bits per heavy atom. The molecule has 2 aliphatic rings. The predicted molar refractivity (Wildman–Crippen MR) is 157 cm³/mol. The van der Waals surface area contributed by atoms with Gasteiger partial charge in [0, 0.05) is 6.42 Å². The lowest BCUT2D eigenvalue weighted by Gasteiger charge is -2.34. The van der Waals surface area contributed by atoms with Crippen molar-refractivity contribution in [2.24, 2.45) is 23.7 Å². The van der Waals surface area contributed by atoms with Crippen molar-refractivity contribution in [3.63, 3.8) is 0 Å². The van der Waals surface area contributed by atoms with Gasteiger partial charge in [0.25, 0.3) is 0 Å². The summed E-state index contributed by atoms with van der Waals surface area (Å²) in [6.07, 6.45) is 13.1. The number of aliphatic hydroxyl groups excluding tert-OH is 3. The van der Waals surface area contributed by atoms with Crippen LogP contribution in [-0.4, -0.2) is 55.0 Å². The van der Waals surface area contributed by atoms with E-state index in [1.807, 2.05) is 13.8 Å². The van der Waals surface area contributed by atoms with Crippen molar-refractivity contribution < 1.29 is 25.5 Å². The van der Waals surface area contributed by atoms with Crippen LogP contribution in [0.15, 0.2) is 35.5 Å². The number of hydrogen-bond acceptors (Lipinski definition) is 5. The van der Waals surface area contributed by atoms with Crippen LogP contribution in [0.2, 0.25) is 0 Å². The third-order valence-electron chi connectivity index (χ3n) is 9.28. The van der Waals surface area contributed by atoms with Crippen molar-refractivity contribution in [3.8, 4) is 0 Å². The fourth-order valence-electron chi connectivity index (χ4n) is 6.51. The molecule has 0 aromatic heterocycles. The van der Waals surface area contributed by atoms with Crippen LogP contribution < -0.4 is 0 Å². The summed E-state index contributed by atoms with van der Waals surface area (Å²) in [5, 5.41) is 51.4. The zero-order valence-corrected chi connectivity index (χ0v) is 25.1. The molecule has 2 rings (SSSR count). The van der Waals surface area contributed by atoms with Crippen LogP contribution in [0.25, 0.3) is 0 Å². The molecule has 7 atom stereocenters. The first kappa shape index (κ1) is 33.2. The monoisotopic (exact) mass is 534 g/mol. The summed E-state index contributed by atoms with van der Waals surface area (Å²) in [4.78, 5) is 0. The second-order valence-corrected chi connectivity index (χ2v) is 13.8. The van der Waals surface area contributed by atoms with E-state index in [0.717, 1.165) is 68.9 Å². The van der Waals surface area contributed by atoms with Crippen LogP contribution in [0.1, 0.15) is 119 Å². The van der Waals surface area contributed by atoms with Crippen LogP contribution in [0.3, 0.4) is 0 Å². The maximum absolute atomic E-state index is 10.6. The molecule has 0 heterocycles. The normalized spacial score (nSPS) is 32.1. The van der Waals surface area contributed by atoms with Gasteiger partial charge in [-0.15, -0.1) is 0 Å². The van der Waals surface area contributed by atoms with Gasteiger partial charge in [-0.05, 0) is 114 Å². The van der Waals surface area contributed by atoms with Crippen LogP contribution in [0.4, 0.5) is 0 Å². The number of allylic oxidation sites excluding steroid dienone is 3. The van der Waals surface area contributed by atoms with E-state index in [0.29, 0.717) is 42.9 Å². The lowest BCUT2D eigenvalue weighted by molar-refractivity contribution is -0.0554. The number of aliphatic hydroxyl groups is 5. The van der Waals surface area contributed by atoms with Crippen LogP contribution >= 0.6 is 0 Å². The van der Waals surface area contributed by atoms with Gasteiger partial charge in [-0.1, -0.05) is 57.4 Å². The Bertz CT molecular complexity index is 799. The molecule has 220 valence electrons. The van der Waals surface area contributed by atoms with Gasteiger partial charge in [-0.2, -0.15) is 0 Å². The standard InChI is InChI=1S/C33H58O5/c1-22-13-17-29(26(12-9-19-32(4,5)37)16-18-31(36)33(6,7)38)23(2)10-8-11-25(22)14-15-27-20-28(34)21-30(35)24(27)3/h14-15,22-23,26,28-31,34-38H,3,8-13,16-21H2,1-2,4-7H3/b25-14+,27-15-/t22?,23-,26-,28+,29?,30-,31?/m0/s1. The minimum atomic E-state index is -1.10. The fourth-order valence-corrected chi connectivity index (χ4v) is 6.51. The Balaban J connectivity index is 2.16. The average molecular weight is 535 g/mol. The van der Waals surface area contributed by atoms with Gasteiger partial charge < -0.3 is 25.5 Å². The molecular weight excluding hydrogens is 476 g/mol. The molecule has 0 aliphatic heterocycles. The van der Waals surface area contributed by atoms with Crippen molar-refractivity contribution in [3.05, 3.63) is 35.5 Å². The zero-order chi connectivity index (χ0) is 28.7. The first-order valence-corrected chi connectivity index (χ1v) is 15.2. The molecule has 0 aromatic carbocycles. The molecule has 0 aromatic rings. The summed E-state index contributed by atoms with van der Waals surface area (Å²) in [7, 11) is 0. The smallest absolute Gasteiger partial charge is 0.0849 e. The summed E-state index contributed by atoms with van der Waals surface area (Å²) >= 11 is 0. The van der Waals surface area contributed by atoms with Crippen molar-refractivity contribution >= 4 is 0 Å². The molecule has 5 heteroatoms. The second-order valence-electron chi connectivity index (χ2n) is 13.8. The molecule has 0 saturated heterocycles. The van der Waals surface area contributed by atoms with Gasteiger partial charge in [-0.3, -0.25) is 0 Å².